The molecule has 2 heteroatoms. The molecule has 1 aliphatic heterocycles. The van der Waals surface area contributed by atoms with E-state index in [2.05, 4.69) is 137 Å². The molecule has 0 fully saturated rings. The van der Waals surface area contributed by atoms with Gasteiger partial charge < -0.3 is 4.57 Å². The zero-order valence-corrected chi connectivity index (χ0v) is 27.2. The van der Waals surface area contributed by atoms with E-state index in [1.54, 1.807) is 0 Å². The lowest BCUT2D eigenvalue weighted by Crippen LogP contribution is -2.42. The maximum Gasteiger partial charge on any atom is 0.171 e. The first kappa shape index (κ1) is 28.1. The molecule has 2 atom stereocenters. The number of benzene rings is 6. The Bertz CT molecular complexity index is 2140. The predicted octanol–water partition coefficient (Wildman–Crippen LogP) is 9.45. The van der Waals surface area contributed by atoms with Crippen LogP contribution in [0.1, 0.15) is 72.6 Å². The third kappa shape index (κ3) is 4.04. The second-order valence-corrected chi connectivity index (χ2v) is 16.4. The molecule has 0 bridgehead atoms. The van der Waals surface area contributed by atoms with Crippen molar-refractivity contribution in [2.24, 2.45) is 0 Å². The molecule has 8 rings (SSSR count). The molecule has 220 valence electrons. The van der Waals surface area contributed by atoms with Gasteiger partial charge in [-0.25, -0.2) is 0 Å². The summed E-state index contributed by atoms with van der Waals surface area (Å²) in [5, 5.41) is 2.80. The van der Waals surface area contributed by atoms with Crippen LogP contribution in [0.5, 0.6) is 0 Å². The molecule has 0 amide bonds. The zero-order valence-electron chi connectivity index (χ0n) is 26.3. The summed E-state index contributed by atoms with van der Waals surface area (Å²) >= 11 is 0. The molecule has 0 radical (unpaired) electrons. The predicted molar refractivity (Wildman–Crippen MR) is 189 cm³/mol. The van der Waals surface area contributed by atoms with Gasteiger partial charge in [0.25, 0.3) is 0 Å². The Hall–Kier alpha value is -4.45. The molecular weight excluding hydrogens is 563 g/mol. The Kier molecular flexibility index (Phi) is 6.25. The highest BCUT2D eigenvalue weighted by Gasteiger charge is 2.45. The number of hydrogen-bond acceptors (Lipinski definition) is 1. The second-order valence-electron chi connectivity index (χ2n) is 13.7. The van der Waals surface area contributed by atoms with Gasteiger partial charge in [0.15, 0.2) is 7.14 Å². The van der Waals surface area contributed by atoms with Gasteiger partial charge in [-0.3, -0.25) is 0 Å². The van der Waals surface area contributed by atoms with Crippen molar-refractivity contribution in [1.82, 2.24) is 0 Å². The molecular formula is C43H37OP. The van der Waals surface area contributed by atoms with Crippen molar-refractivity contribution >= 4 is 23.1 Å². The normalized spacial score (nSPS) is 20.3. The van der Waals surface area contributed by atoms with E-state index in [1.165, 1.54) is 27.8 Å². The van der Waals surface area contributed by atoms with E-state index < -0.39 is 7.14 Å². The monoisotopic (exact) mass is 600 g/mol. The van der Waals surface area contributed by atoms with Crippen molar-refractivity contribution in [1.29, 1.82) is 0 Å². The van der Waals surface area contributed by atoms with E-state index in [9.17, 15) is 0 Å². The van der Waals surface area contributed by atoms with Crippen LogP contribution in [-0.2, 0) is 15.4 Å². The van der Waals surface area contributed by atoms with Crippen LogP contribution in [0.25, 0.3) is 11.1 Å². The molecule has 45 heavy (non-hydrogen) atoms. The van der Waals surface area contributed by atoms with E-state index >= 15 is 4.57 Å². The second kappa shape index (κ2) is 10.0. The summed E-state index contributed by atoms with van der Waals surface area (Å²) in [6.07, 6.45) is 0. The van der Waals surface area contributed by atoms with Gasteiger partial charge in [-0.2, -0.15) is 0 Å². The Morgan fingerprint density at radius 1 is 0.467 bits per heavy atom. The molecule has 0 spiro atoms. The van der Waals surface area contributed by atoms with Crippen molar-refractivity contribution < 1.29 is 4.57 Å². The first-order chi connectivity index (χ1) is 21.7. The third-order valence-corrected chi connectivity index (χ3v) is 13.6. The fourth-order valence-electron chi connectivity index (χ4n) is 8.13. The van der Waals surface area contributed by atoms with E-state index in [0.717, 1.165) is 38.2 Å². The minimum atomic E-state index is -3.12. The Balaban J connectivity index is 1.34. The summed E-state index contributed by atoms with van der Waals surface area (Å²) in [5.74, 6) is 0.179. The van der Waals surface area contributed by atoms with Gasteiger partial charge in [-0.15, -0.1) is 0 Å². The van der Waals surface area contributed by atoms with E-state index in [-0.39, 0.29) is 16.7 Å². The molecule has 1 nitrogen and oxygen atoms in total. The summed E-state index contributed by atoms with van der Waals surface area (Å²) in [4.78, 5) is 0. The zero-order chi connectivity index (χ0) is 31.0. The van der Waals surface area contributed by atoms with Crippen LogP contribution < -0.4 is 15.9 Å². The van der Waals surface area contributed by atoms with Crippen LogP contribution in [-0.4, -0.2) is 0 Å². The van der Waals surface area contributed by atoms with Crippen molar-refractivity contribution in [2.45, 2.75) is 44.4 Å². The summed E-state index contributed by atoms with van der Waals surface area (Å²) in [6.45, 7) is 9.24. The van der Waals surface area contributed by atoms with Gasteiger partial charge in [-0.1, -0.05) is 161 Å². The highest BCUT2D eigenvalue weighted by molar-refractivity contribution is 7.85. The molecule has 0 N–H and O–H groups in total. The van der Waals surface area contributed by atoms with Crippen LogP contribution in [0, 0.1) is 0 Å². The quantitative estimate of drug-likeness (QED) is 0.185. The highest BCUT2D eigenvalue weighted by atomic mass is 31.2. The number of fused-ring (bicyclic) bond motifs is 4. The van der Waals surface area contributed by atoms with Gasteiger partial charge in [0, 0.05) is 32.7 Å². The molecule has 0 aromatic heterocycles. The van der Waals surface area contributed by atoms with Gasteiger partial charge in [0.05, 0.1) is 0 Å². The SMILES string of the molecule is CC1(C)c2ccccc2C(c2ccccc2)c2ccc(-c3ccc4c(c3)P(=O)(c3ccccc3)c3ccccc3C4(C)C)cc21. The van der Waals surface area contributed by atoms with Crippen LogP contribution in [0.4, 0.5) is 0 Å². The summed E-state index contributed by atoms with van der Waals surface area (Å²) in [7, 11) is -3.12. The summed E-state index contributed by atoms with van der Waals surface area (Å²) in [5.41, 5.74) is 10.9. The smallest absolute Gasteiger partial charge is 0.171 e. The lowest BCUT2D eigenvalue weighted by atomic mass is 9.63. The maximum absolute atomic E-state index is 15.6. The summed E-state index contributed by atoms with van der Waals surface area (Å²) in [6, 6.07) is 52.0. The molecule has 2 aliphatic rings. The highest BCUT2D eigenvalue weighted by Crippen LogP contribution is 2.54. The number of rotatable bonds is 3. The van der Waals surface area contributed by atoms with Gasteiger partial charge in [0.1, 0.15) is 0 Å². The molecule has 1 aliphatic carbocycles. The molecule has 6 aromatic carbocycles. The van der Waals surface area contributed by atoms with Gasteiger partial charge >= 0.3 is 0 Å². The van der Waals surface area contributed by atoms with Crippen molar-refractivity contribution in [3.8, 4) is 11.1 Å². The van der Waals surface area contributed by atoms with E-state index in [0.29, 0.717) is 0 Å². The Labute approximate surface area is 267 Å². The number of hydrogen-bond donors (Lipinski definition) is 0. The van der Waals surface area contributed by atoms with Gasteiger partial charge in [0.2, 0.25) is 0 Å². The van der Waals surface area contributed by atoms with Crippen molar-refractivity contribution in [3.63, 3.8) is 0 Å². The average molecular weight is 601 g/mol. The van der Waals surface area contributed by atoms with Gasteiger partial charge in [-0.05, 0) is 62.2 Å². The minimum absolute atomic E-state index is 0.165. The van der Waals surface area contributed by atoms with Crippen LogP contribution >= 0.6 is 7.14 Å². The lowest BCUT2D eigenvalue weighted by molar-refractivity contribution is 0.586. The summed E-state index contributed by atoms with van der Waals surface area (Å²) < 4.78 is 15.6. The van der Waals surface area contributed by atoms with Crippen LogP contribution in [0.15, 0.2) is 146 Å². The minimum Gasteiger partial charge on any atom is -0.309 e. The first-order valence-electron chi connectivity index (χ1n) is 15.9. The fourth-order valence-corrected chi connectivity index (χ4v) is 11.5. The van der Waals surface area contributed by atoms with Crippen LogP contribution in [0.3, 0.4) is 0 Å². The van der Waals surface area contributed by atoms with Crippen LogP contribution in [0.2, 0.25) is 0 Å². The average Bonchev–Trinajstić information content (AvgIpc) is 3.08. The third-order valence-electron chi connectivity index (χ3n) is 10.5. The molecule has 2 unspecified atom stereocenters. The molecule has 0 saturated carbocycles. The maximum atomic E-state index is 15.6. The van der Waals surface area contributed by atoms with Crippen molar-refractivity contribution in [2.75, 3.05) is 0 Å². The largest absolute Gasteiger partial charge is 0.309 e. The molecule has 1 heterocycles. The fraction of sp³-hybridized carbons (Fsp3) is 0.163. The van der Waals surface area contributed by atoms with E-state index in [4.69, 9.17) is 0 Å². The standard InChI is InChI=1S/C43H37OP/c1-42(2)35-20-12-11-19-33(35)41(29-15-7-5-8-16-29)34-25-23-30(27-38(34)42)31-24-26-37-40(28-31)45(44,32-17-9-6-10-18-32)39-22-14-13-21-36(39)43(37,3)4/h5-28,41H,1-4H3. The Morgan fingerprint density at radius 3 is 1.76 bits per heavy atom. The Morgan fingerprint density at radius 2 is 1.00 bits per heavy atom. The lowest BCUT2D eigenvalue weighted by Gasteiger charge is -2.40. The molecule has 6 aromatic rings. The van der Waals surface area contributed by atoms with E-state index in [1.807, 2.05) is 36.4 Å². The topological polar surface area (TPSA) is 17.1 Å². The molecule has 0 saturated heterocycles. The first-order valence-corrected chi connectivity index (χ1v) is 17.6. The van der Waals surface area contributed by atoms with Crippen molar-refractivity contribution in [3.05, 3.63) is 185 Å².